The van der Waals surface area contributed by atoms with Gasteiger partial charge in [0, 0.05) is 50.7 Å². The van der Waals surface area contributed by atoms with Crippen molar-refractivity contribution in [3.8, 4) is 11.3 Å². The van der Waals surface area contributed by atoms with E-state index < -0.39 is 0 Å². The van der Waals surface area contributed by atoms with Gasteiger partial charge in [0.1, 0.15) is 0 Å². The highest BCUT2D eigenvalue weighted by atomic mass is 32.1. The number of benzene rings is 1. The van der Waals surface area contributed by atoms with Gasteiger partial charge >= 0.3 is 0 Å². The third-order valence-electron chi connectivity index (χ3n) is 4.47. The van der Waals surface area contributed by atoms with Gasteiger partial charge in [-0.3, -0.25) is 9.59 Å². The Morgan fingerprint density at radius 3 is 2.50 bits per heavy atom. The lowest BCUT2D eigenvalue weighted by Gasteiger charge is -2.19. The van der Waals surface area contributed by atoms with E-state index in [-0.39, 0.29) is 11.5 Å². The molecule has 1 N–H and O–H groups in total. The summed E-state index contributed by atoms with van der Waals surface area (Å²) >= 11 is 1.49. The van der Waals surface area contributed by atoms with Crippen molar-refractivity contribution in [3.05, 3.63) is 45.6 Å². The van der Waals surface area contributed by atoms with Crippen molar-refractivity contribution in [1.29, 1.82) is 0 Å². The normalized spacial score (nSPS) is 11.2. The lowest BCUT2D eigenvalue weighted by molar-refractivity contribution is 0.0786. The number of anilines is 1. The molecule has 3 rings (SSSR count). The molecule has 0 atom stereocenters. The number of H-pyrrole nitrogens is 1. The number of rotatable bonds is 6. The van der Waals surface area contributed by atoms with Gasteiger partial charge in [-0.2, -0.15) is 0 Å². The lowest BCUT2D eigenvalue weighted by atomic mass is 10.1. The molecular formula is C20H25N5O2S. The summed E-state index contributed by atoms with van der Waals surface area (Å²) in [6.45, 7) is 1.43. The van der Waals surface area contributed by atoms with Gasteiger partial charge in [0.2, 0.25) is 0 Å². The van der Waals surface area contributed by atoms with E-state index in [1.807, 2.05) is 55.5 Å². The van der Waals surface area contributed by atoms with E-state index in [0.29, 0.717) is 28.9 Å². The number of hydrogen-bond donors (Lipinski definition) is 1. The van der Waals surface area contributed by atoms with Crippen LogP contribution in [0, 0.1) is 0 Å². The number of thiazole rings is 1. The van der Waals surface area contributed by atoms with Crippen LogP contribution in [0.5, 0.6) is 0 Å². The van der Waals surface area contributed by atoms with E-state index in [9.17, 15) is 9.59 Å². The molecule has 3 aromatic rings. The maximum Gasteiger partial charge on any atom is 0.257 e. The van der Waals surface area contributed by atoms with Crippen molar-refractivity contribution in [2.45, 2.75) is 0 Å². The minimum absolute atomic E-state index is 0.0659. The van der Waals surface area contributed by atoms with Gasteiger partial charge in [0.05, 0.1) is 11.3 Å². The van der Waals surface area contributed by atoms with Crippen LogP contribution in [0.4, 0.5) is 5.13 Å². The minimum atomic E-state index is -0.214. The summed E-state index contributed by atoms with van der Waals surface area (Å²) in [5.41, 5.74) is 2.16. The summed E-state index contributed by atoms with van der Waals surface area (Å²) in [6.07, 6.45) is 0. The Bertz CT molecular complexity index is 1050. The van der Waals surface area contributed by atoms with Gasteiger partial charge in [-0.15, -0.1) is 11.3 Å². The molecule has 148 valence electrons. The Morgan fingerprint density at radius 1 is 1.11 bits per heavy atom. The summed E-state index contributed by atoms with van der Waals surface area (Å²) in [5, 5.41) is 3.58. The van der Waals surface area contributed by atoms with E-state index in [1.165, 1.54) is 11.3 Å². The first kappa shape index (κ1) is 20.0. The smallest absolute Gasteiger partial charge is 0.257 e. The molecule has 0 aliphatic carbocycles. The van der Waals surface area contributed by atoms with Gasteiger partial charge in [0.15, 0.2) is 5.13 Å². The predicted octanol–water partition coefficient (Wildman–Crippen LogP) is 2.35. The first-order chi connectivity index (χ1) is 13.3. The van der Waals surface area contributed by atoms with E-state index >= 15 is 0 Å². The van der Waals surface area contributed by atoms with Crippen molar-refractivity contribution < 1.29 is 4.79 Å². The first-order valence-corrected chi connectivity index (χ1v) is 9.84. The molecular weight excluding hydrogens is 374 g/mol. The van der Waals surface area contributed by atoms with E-state index in [1.54, 1.807) is 24.1 Å². The molecule has 0 fully saturated rings. The van der Waals surface area contributed by atoms with Gasteiger partial charge in [0.25, 0.3) is 11.5 Å². The number of carbonyl (C=O) groups excluding carboxylic acids is 1. The van der Waals surface area contributed by atoms with Crippen LogP contribution in [0.25, 0.3) is 22.2 Å². The van der Waals surface area contributed by atoms with Crippen molar-refractivity contribution in [1.82, 2.24) is 19.8 Å². The Labute approximate surface area is 168 Å². The highest BCUT2D eigenvalue weighted by Gasteiger charge is 2.15. The standard InChI is InChI=1S/C20H25N5O2S/c1-23(2)8-9-25(5)19(27)14-7-6-13-10-15(18(26)21-16(13)11-14)17-12-28-20(22-17)24(3)4/h6-7,10-12H,8-9H2,1-5H3,(H,21,26). The summed E-state index contributed by atoms with van der Waals surface area (Å²) in [6, 6.07) is 7.22. The van der Waals surface area contributed by atoms with Crippen molar-refractivity contribution in [2.24, 2.45) is 0 Å². The van der Waals surface area contributed by atoms with Gasteiger partial charge < -0.3 is 19.7 Å². The van der Waals surface area contributed by atoms with Crippen molar-refractivity contribution in [2.75, 3.05) is 53.2 Å². The molecule has 1 amide bonds. The summed E-state index contributed by atoms with van der Waals surface area (Å²) in [4.78, 5) is 38.3. The van der Waals surface area contributed by atoms with Gasteiger partial charge in [-0.1, -0.05) is 6.07 Å². The number of nitrogens with one attached hydrogen (secondary N) is 1. The molecule has 1 aromatic carbocycles. The molecule has 0 spiro atoms. The van der Waals surface area contributed by atoms with Gasteiger partial charge in [-0.05, 0) is 37.7 Å². The molecule has 28 heavy (non-hydrogen) atoms. The van der Waals surface area contributed by atoms with Crippen LogP contribution in [0.1, 0.15) is 10.4 Å². The maximum absolute atomic E-state index is 12.6. The molecule has 0 bridgehead atoms. The number of carbonyl (C=O) groups is 1. The predicted molar refractivity (Wildman–Crippen MR) is 116 cm³/mol. The molecule has 0 saturated carbocycles. The molecule has 8 heteroatoms. The van der Waals surface area contributed by atoms with Crippen molar-refractivity contribution in [3.63, 3.8) is 0 Å². The highest BCUT2D eigenvalue weighted by Crippen LogP contribution is 2.26. The Morgan fingerprint density at radius 2 is 1.86 bits per heavy atom. The van der Waals surface area contributed by atoms with E-state index in [4.69, 9.17) is 0 Å². The Kier molecular flexibility index (Phi) is 5.81. The number of amides is 1. The van der Waals surface area contributed by atoms with Crippen LogP contribution >= 0.6 is 11.3 Å². The van der Waals surface area contributed by atoms with E-state index in [2.05, 4.69) is 9.97 Å². The number of fused-ring (bicyclic) bond motifs is 1. The fourth-order valence-corrected chi connectivity index (χ4v) is 3.55. The Hall–Kier alpha value is -2.71. The second kappa shape index (κ2) is 8.12. The average Bonchev–Trinajstić information content (AvgIpc) is 3.14. The maximum atomic E-state index is 12.6. The first-order valence-electron chi connectivity index (χ1n) is 8.97. The lowest BCUT2D eigenvalue weighted by Crippen LogP contribution is -2.33. The largest absolute Gasteiger partial charge is 0.354 e. The number of aromatic amines is 1. The molecule has 7 nitrogen and oxygen atoms in total. The van der Waals surface area contributed by atoms with Crippen LogP contribution in [0.3, 0.4) is 0 Å². The number of aromatic nitrogens is 2. The number of hydrogen-bond acceptors (Lipinski definition) is 6. The molecule has 2 aromatic heterocycles. The summed E-state index contributed by atoms with van der Waals surface area (Å²) < 4.78 is 0. The number of nitrogens with zero attached hydrogens (tertiary/aromatic N) is 4. The molecule has 0 unspecified atom stereocenters. The third kappa shape index (κ3) is 4.23. The molecule has 0 radical (unpaired) electrons. The second-order valence-corrected chi connectivity index (χ2v) is 8.09. The van der Waals surface area contributed by atoms with Crippen LogP contribution in [0.2, 0.25) is 0 Å². The van der Waals surface area contributed by atoms with Crippen LogP contribution in [-0.2, 0) is 0 Å². The zero-order chi connectivity index (χ0) is 20.4. The monoisotopic (exact) mass is 399 g/mol. The molecule has 0 aliphatic rings. The SMILES string of the molecule is CN(C)CCN(C)C(=O)c1ccc2cc(-c3csc(N(C)C)n3)c(=O)[nH]c2c1. The molecule has 0 saturated heterocycles. The highest BCUT2D eigenvalue weighted by molar-refractivity contribution is 7.14. The zero-order valence-corrected chi connectivity index (χ0v) is 17.6. The Balaban J connectivity index is 1.91. The second-order valence-electron chi connectivity index (χ2n) is 7.25. The van der Waals surface area contributed by atoms with Crippen LogP contribution in [0.15, 0.2) is 34.4 Å². The van der Waals surface area contributed by atoms with Crippen LogP contribution in [-0.4, -0.2) is 74.0 Å². The van der Waals surface area contributed by atoms with Crippen LogP contribution < -0.4 is 10.5 Å². The van der Waals surface area contributed by atoms with E-state index in [0.717, 1.165) is 17.1 Å². The van der Waals surface area contributed by atoms with Gasteiger partial charge in [-0.25, -0.2) is 4.98 Å². The molecule has 0 aliphatic heterocycles. The van der Waals surface area contributed by atoms with Crippen molar-refractivity contribution >= 4 is 33.3 Å². The fourth-order valence-electron chi connectivity index (χ4n) is 2.79. The third-order valence-corrected chi connectivity index (χ3v) is 5.48. The molecule has 2 heterocycles. The average molecular weight is 400 g/mol. The zero-order valence-electron chi connectivity index (χ0n) is 16.8. The summed E-state index contributed by atoms with van der Waals surface area (Å²) in [7, 11) is 9.57. The number of likely N-dealkylation sites (N-methyl/N-ethyl adjacent to an activating group) is 2. The quantitative estimate of drug-likeness (QED) is 0.689. The summed E-state index contributed by atoms with van der Waals surface area (Å²) in [5.74, 6) is -0.0659. The topological polar surface area (TPSA) is 72.5 Å². The number of pyridine rings is 1. The minimum Gasteiger partial charge on any atom is -0.354 e. The fraction of sp³-hybridized carbons (Fsp3) is 0.350.